The maximum Gasteiger partial charge on any atom is 0.277 e. The number of nitrogens with one attached hydrogen (secondary N) is 1. The zero-order valence-corrected chi connectivity index (χ0v) is 15.1. The van der Waals surface area contributed by atoms with Crippen LogP contribution >= 0.6 is 0 Å². The first kappa shape index (κ1) is 17.7. The van der Waals surface area contributed by atoms with E-state index in [2.05, 4.69) is 10.3 Å². The molecule has 2 heterocycles. The van der Waals surface area contributed by atoms with Gasteiger partial charge in [0.15, 0.2) is 11.5 Å². The van der Waals surface area contributed by atoms with E-state index in [-0.39, 0.29) is 18.1 Å². The average Bonchev–Trinajstić information content (AvgIpc) is 3.02. The third-order valence-electron chi connectivity index (χ3n) is 4.31. The number of fused-ring (bicyclic) bond motifs is 1. The van der Waals surface area contributed by atoms with Gasteiger partial charge in [-0.25, -0.2) is 4.98 Å². The minimum Gasteiger partial charge on any atom is -0.495 e. The molecule has 0 bridgehead atoms. The number of carbonyl (C=O) groups excluding carboxylic acids is 2. The Kier molecular flexibility index (Phi) is 4.56. The lowest BCUT2D eigenvalue weighted by Crippen LogP contribution is -2.52. The monoisotopic (exact) mass is 359 g/mol. The molecule has 2 N–H and O–H groups in total. The number of amides is 2. The summed E-state index contributed by atoms with van der Waals surface area (Å²) < 4.78 is 6.72. The van der Waals surface area contributed by atoms with Crippen molar-refractivity contribution < 1.29 is 19.4 Å². The van der Waals surface area contributed by atoms with Crippen LogP contribution in [0.3, 0.4) is 0 Å². The van der Waals surface area contributed by atoms with Gasteiger partial charge in [0.1, 0.15) is 12.3 Å². The number of methoxy groups -OCH3 is 1. The van der Waals surface area contributed by atoms with Crippen molar-refractivity contribution in [1.82, 2.24) is 14.5 Å². The molecular formula is C17H21N5O4. The van der Waals surface area contributed by atoms with E-state index in [9.17, 15) is 14.7 Å². The molecule has 0 saturated heterocycles. The Bertz CT molecular complexity index is 863. The lowest BCUT2D eigenvalue weighted by atomic mass is 10.2. The first-order valence-electron chi connectivity index (χ1n) is 8.01. The fourth-order valence-corrected chi connectivity index (χ4v) is 2.87. The van der Waals surface area contributed by atoms with E-state index in [1.165, 1.54) is 34.9 Å². The number of aryl methyl sites for hydroxylation is 1. The van der Waals surface area contributed by atoms with E-state index in [0.717, 1.165) is 5.56 Å². The Morgan fingerprint density at radius 1 is 1.35 bits per heavy atom. The number of hydrogen-bond acceptors (Lipinski definition) is 6. The second-order valence-electron chi connectivity index (χ2n) is 6.17. The molecule has 0 saturated carbocycles. The molecule has 0 spiro atoms. The highest BCUT2D eigenvalue weighted by atomic mass is 16.5. The molecular weight excluding hydrogens is 338 g/mol. The van der Waals surface area contributed by atoms with Gasteiger partial charge in [-0.1, -0.05) is 6.07 Å². The van der Waals surface area contributed by atoms with Crippen LogP contribution in [0.5, 0.6) is 5.75 Å². The van der Waals surface area contributed by atoms with Crippen LogP contribution in [0.1, 0.15) is 16.1 Å². The number of carbonyl (C=O) groups is 2. The zero-order valence-electron chi connectivity index (χ0n) is 15.1. The highest BCUT2D eigenvalue weighted by molar-refractivity contribution is 6.00. The molecule has 1 atom stereocenters. The van der Waals surface area contributed by atoms with Crippen molar-refractivity contribution in [2.24, 2.45) is 0 Å². The zero-order chi connectivity index (χ0) is 19.0. The number of rotatable bonds is 4. The summed E-state index contributed by atoms with van der Waals surface area (Å²) in [6.45, 7) is 1.82. The number of anilines is 2. The second-order valence-corrected chi connectivity index (χ2v) is 6.17. The molecule has 0 radical (unpaired) electrons. The summed E-state index contributed by atoms with van der Waals surface area (Å²) in [6, 6.07) is 5.47. The van der Waals surface area contributed by atoms with Crippen molar-refractivity contribution in [3.8, 4) is 5.75 Å². The van der Waals surface area contributed by atoms with Gasteiger partial charge in [-0.3, -0.25) is 14.5 Å². The number of aliphatic hydroxyl groups excluding tert-OH is 1. The van der Waals surface area contributed by atoms with Gasteiger partial charge >= 0.3 is 0 Å². The molecule has 1 aliphatic heterocycles. The molecule has 9 nitrogen and oxygen atoms in total. The van der Waals surface area contributed by atoms with Gasteiger partial charge in [-0.05, 0) is 24.6 Å². The molecule has 1 aromatic carbocycles. The molecule has 26 heavy (non-hydrogen) atoms. The molecule has 2 amide bonds. The quantitative estimate of drug-likeness (QED) is 0.831. The molecule has 3 rings (SSSR count). The van der Waals surface area contributed by atoms with Crippen LogP contribution in [0.2, 0.25) is 0 Å². The Morgan fingerprint density at radius 2 is 2.08 bits per heavy atom. The van der Waals surface area contributed by atoms with E-state index in [4.69, 9.17) is 4.74 Å². The summed E-state index contributed by atoms with van der Waals surface area (Å²) in [7, 11) is 4.64. The predicted octanol–water partition coefficient (Wildman–Crippen LogP) is 0.637. The predicted molar refractivity (Wildman–Crippen MR) is 95.1 cm³/mol. The Labute approximate surface area is 150 Å². The SMILES string of the molecule is COc1ccc(C)cc1NC(=O)Cn1cnc2c1C(=O)N(C)C(O)N2C. The maximum atomic E-state index is 12.5. The van der Waals surface area contributed by atoms with E-state index >= 15 is 0 Å². The number of imidazole rings is 1. The molecule has 0 fully saturated rings. The van der Waals surface area contributed by atoms with Crippen LogP contribution in [0.4, 0.5) is 11.5 Å². The molecule has 1 aromatic heterocycles. The fraction of sp³-hybridized carbons (Fsp3) is 0.353. The summed E-state index contributed by atoms with van der Waals surface area (Å²) in [6.07, 6.45) is 0.321. The number of benzene rings is 1. The number of aromatic nitrogens is 2. The topological polar surface area (TPSA) is 99.9 Å². The van der Waals surface area contributed by atoms with Crippen LogP contribution in [0.25, 0.3) is 0 Å². The third kappa shape index (κ3) is 2.97. The van der Waals surface area contributed by atoms with Crippen molar-refractivity contribution >= 4 is 23.3 Å². The number of ether oxygens (including phenoxy) is 1. The van der Waals surface area contributed by atoms with Crippen molar-refractivity contribution in [2.75, 3.05) is 31.4 Å². The molecule has 2 aromatic rings. The van der Waals surface area contributed by atoms with Gasteiger partial charge in [0.2, 0.25) is 12.3 Å². The number of nitrogens with zero attached hydrogens (tertiary/aromatic N) is 4. The largest absolute Gasteiger partial charge is 0.495 e. The van der Waals surface area contributed by atoms with Crippen molar-refractivity contribution in [3.05, 3.63) is 35.8 Å². The molecule has 9 heteroatoms. The van der Waals surface area contributed by atoms with Crippen molar-refractivity contribution in [3.63, 3.8) is 0 Å². The van der Waals surface area contributed by atoms with E-state index in [0.29, 0.717) is 17.3 Å². The minimum atomic E-state index is -1.09. The smallest absolute Gasteiger partial charge is 0.277 e. The second kappa shape index (κ2) is 6.68. The first-order chi connectivity index (χ1) is 12.3. The van der Waals surface area contributed by atoms with Crippen LogP contribution < -0.4 is 15.0 Å². The molecule has 138 valence electrons. The van der Waals surface area contributed by atoms with Gasteiger partial charge in [-0.2, -0.15) is 0 Å². The van der Waals surface area contributed by atoms with Gasteiger partial charge in [-0.15, -0.1) is 0 Å². The summed E-state index contributed by atoms with van der Waals surface area (Å²) >= 11 is 0. The maximum absolute atomic E-state index is 12.5. The van der Waals surface area contributed by atoms with Gasteiger partial charge in [0.05, 0.1) is 19.1 Å². The summed E-state index contributed by atoms with van der Waals surface area (Å²) in [5.74, 6) is 0.166. The Balaban J connectivity index is 1.83. The van der Waals surface area contributed by atoms with Crippen molar-refractivity contribution in [2.45, 2.75) is 19.8 Å². The van der Waals surface area contributed by atoms with E-state index < -0.39 is 12.3 Å². The fourth-order valence-electron chi connectivity index (χ4n) is 2.87. The van der Waals surface area contributed by atoms with E-state index in [1.807, 2.05) is 19.1 Å². The van der Waals surface area contributed by atoms with Crippen LogP contribution in [-0.4, -0.2) is 58.9 Å². The third-order valence-corrected chi connectivity index (χ3v) is 4.31. The Hall–Kier alpha value is -3.07. The highest BCUT2D eigenvalue weighted by Gasteiger charge is 2.36. The van der Waals surface area contributed by atoms with Crippen LogP contribution in [0, 0.1) is 6.92 Å². The normalized spacial score (nSPS) is 16.5. The first-order valence-corrected chi connectivity index (χ1v) is 8.01. The number of aliphatic hydroxyl groups is 1. The highest BCUT2D eigenvalue weighted by Crippen LogP contribution is 2.28. The van der Waals surface area contributed by atoms with Gasteiger partial charge in [0, 0.05) is 14.1 Å². The minimum absolute atomic E-state index is 0.0943. The molecule has 0 aliphatic carbocycles. The van der Waals surface area contributed by atoms with Gasteiger partial charge < -0.3 is 24.6 Å². The lowest BCUT2D eigenvalue weighted by Gasteiger charge is -2.36. The van der Waals surface area contributed by atoms with Gasteiger partial charge in [0.25, 0.3) is 5.91 Å². The molecule has 1 aliphatic rings. The van der Waals surface area contributed by atoms with Crippen LogP contribution in [0.15, 0.2) is 24.5 Å². The summed E-state index contributed by atoms with van der Waals surface area (Å²) in [4.78, 5) is 31.7. The van der Waals surface area contributed by atoms with Crippen LogP contribution in [-0.2, 0) is 11.3 Å². The van der Waals surface area contributed by atoms with E-state index in [1.54, 1.807) is 13.1 Å². The summed E-state index contributed by atoms with van der Waals surface area (Å²) in [5, 5.41) is 12.8. The standard InChI is InChI=1S/C17H21N5O4/c1-10-5-6-12(26-4)11(7-10)19-13(23)8-22-9-18-15-14(22)16(24)21(3)17(25)20(15)2/h5-7,9,17,25H,8H2,1-4H3,(H,19,23). The number of hydrogen-bond donors (Lipinski definition) is 2. The van der Waals surface area contributed by atoms with Crippen molar-refractivity contribution in [1.29, 1.82) is 0 Å². The Morgan fingerprint density at radius 3 is 2.77 bits per heavy atom. The summed E-state index contributed by atoms with van der Waals surface area (Å²) in [5.41, 5.74) is 1.79. The molecule has 1 unspecified atom stereocenters. The lowest BCUT2D eigenvalue weighted by molar-refractivity contribution is -0.116. The average molecular weight is 359 g/mol.